The molecule has 0 aromatic heterocycles. The lowest BCUT2D eigenvalue weighted by Crippen LogP contribution is -2.33. The van der Waals surface area contributed by atoms with Gasteiger partial charge in [0.1, 0.15) is 0 Å². The number of carbonyl (C=O) groups is 1. The summed E-state index contributed by atoms with van der Waals surface area (Å²) in [5.74, 6) is -0.935. The van der Waals surface area contributed by atoms with Crippen LogP contribution in [0.3, 0.4) is 0 Å². The van der Waals surface area contributed by atoms with E-state index in [1.165, 1.54) is 0 Å². The standard InChI is InChI=1S/C11H22O4S/c1-5-11(6-2,10(12)13)7-8-16(14,15)9(3)4/h9H,5-8H2,1-4H3,(H,12,13). The molecule has 5 heteroatoms. The van der Waals surface area contributed by atoms with Gasteiger partial charge in [-0.05, 0) is 33.1 Å². The molecule has 0 radical (unpaired) electrons. The molecule has 16 heavy (non-hydrogen) atoms. The second-order valence-corrected chi connectivity index (χ2v) is 7.14. The zero-order valence-electron chi connectivity index (χ0n) is 10.5. The predicted molar refractivity (Wildman–Crippen MR) is 64.2 cm³/mol. The predicted octanol–water partition coefficient (Wildman–Crippen LogP) is 2.09. The average molecular weight is 250 g/mol. The first kappa shape index (κ1) is 15.4. The molecule has 0 aliphatic rings. The molecule has 0 bridgehead atoms. The minimum Gasteiger partial charge on any atom is -0.481 e. The van der Waals surface area contributed by atoms with Gasteiger partial charge in [-0.1, -0.05) is 13.8 Å². The van der Waals surface area contributed by atoms with E-state index in [1.54, 1.807) is 27.7 Å². The van der Waals surface area contributed by atoms with Crippen molar-refractivity contribution in [1.29, 1.82) is 0 Å². The van der Waals surface area contributed by atoms with Gasteiger partial charge < -0.3 is 5.11 Å². The van der Waals surface area contributed by atoms with Crippen molar-refractivity contribution in [3.8, 4) is 0 Å². The zero-order valence-corrected chi connectivity index (χ0v) is 11.3. The normalized spacial score (nSPS) is 13.1. The van der Waals surface area contributed by atoms with Crippen LogP contribution in [-0.2, 0) is 14.6 Å². The van der Waals surface area contributed by atoms with E-state index in [0.29, 0.717) is 12.8 Å². The van der Waals surface area contributed by atoms with Crippen LogP contribution >= 0.6 is 0 Å². The first-order chi connectivity index (χ1) is 7.22. The average Bonchev–Trinajstić information content (AvgIpc) is 2.19. The number of carboxylic acid groups (broad SMARTS) is 1. The van der Waals surface area contributed by atoms with Crippen molar-refractivity contribution in [1.82, 2.24) is 0 Å². The fourth-order valence-corrected chi connectivity index (χ4v) is 2.73. The Morgan fingerprint density at radius 3 is 1.94 bits per heavy atom. The molecule has 0 rings (SSSR count). The lowest BCUT2D eigenvalue weighted by Gasteiger charge is -2.26. The highest BCUT2D eigenvalue weighted by molar-refractivity contribution is 7.91. The van der Waals surface area contributed by atoms with Crippen molar-refractivity contribution in [2.45, 2.75) is 52.2 Å². The molecule has 0 aliphatic carbocycles. The van der Waals surface area contributed by atoms with Gasteiger partial charge >= 0.3 is 5.97 Å². The molecule has 0 spiro atoms. The second-order valence-electron chi connectivity index (χ2n) is 4.46. The Hall–Kier alpha value is -0.580. The second kappa shape index (κ2) is 5.66. The summed E-state index contributed by atoms with van der Waals surface area (Å²) in [6.45, 7) is 6.82. The van der Waals surface area contributed by atoms with Gasteiger partial charge in [-0.2, -0.15) is 0 Å². The van der Waals surface area contributed by atoms with Crippen LogP contribution in [0.25, 0.3) is 0 Å². The van der Waals surface area contributed by atoms with E-state index in [4.69, 9.17) is 5.11 Å². The fourth-order valence-electron chi connectivity index (χ4n) is 1.59. The number of rotatable bonds is 7. The minimum atomic E-state index is -3.15. The van der Waals surface area contributed by atoms with Gasteiger partial charge in [0.25, 0.3) is 0 Å². The smallest absolute Gasteiger partial charge is 0.309 e. The molecule has 0 unspecified atom stereocenters. The molecule has 0 aromatic carbocycles. The van der Waals surface area contributed by atoms with Gasteiger partial charge in [-0.3, -0.25) is 4.79 Å². The van der Waals surface area contributed by atoms with Crippen LogP contribution in [0.2, 0.25) is 0 Å². The van der Waals surface area contributed by atoms with Crippen LogP contribution in [0.5, 0.6) is 0 Å². The topological polar surface area (TPSA) is 71.4 Å². The molecule has 0 amide bonds. The van der Waals surface area contributed by atoms with E-state index < -0.39 is 26.5 Å². The number of hydrogen-bond donors (Lipinski definition) is 1. The van der Waals surface area contributed by atoms with Gasteiger partial charge in [0.15, 0.2) is 9.84 Å². The molecule has 0 heterocycles. The summed E-state index contributed by atoms with van der Waals surface area (Å²) >= 11 is 0. The third-order valence-electron chi connectivity index (χ3n) is 3.39. The SMILES string of the molecule is CCC(CC)(CCS(=O)(=O)C(C)C)C(=O)O. The molecule has 1 N–H and O–H groups in total. The van der Waals surface area contributed by atoms with E-state index in [9.17, 15) is 13.2 Å². The van der Waals surface area contributed by atoms with Crippen LogP contribution in [0.4, 0.5) is 0 Å². The lowest BCUT2D eigenvalue weighted by molar-refractivity contribution is -0.149. The van der Waals surface area contributed by atoms with Crippen LogP contribution in [0, 0.1) is 5.41 Å². The van der Waals surface area contributed by atoms with Crippen molar-refractivity contribution >= 4 is 15.8 Å². The molecule has 0 aliphatic heterocycles. The van der Waals surface area contributed by atoms with E-state index in [-0.39, 0.29) is 12.2 Å². The Morgan fingerprint density at radius 1 is 1.25 bits per heavy atom. The Balaban J connectivity index is 4.76. The highest BCUT2D eigenvalue weighted by Gasteiger charge is 2.36. The third-order valence-corrected chi connectivity index (χ3v) is 5.60. The third kappa shape index (κ3) is 3.47. The van der Waals surface area contributed by atoms with Crippen LogP contribution in [-0.4, -0.2) is 30.5 Å². The zero-order chi connectivity index (χ0) is 13.0. The summed E-state index contributed by atoms with van der Waals surface area (Å²) < 4.78 is 23.3. The lowest BCUT2D eigenvalue weighted by atomic mass is 9.80. The van der Waals surface area contributed by atoms with Crippen molar-refractivity contribution in [3.63, 3.8) is 0 Å². The van der Waals surface area contributed by atoms with Gasteiger partial charge in [0.2, 0.25) is 0 Å². The van der Waals surface area contributed by atoms with Gasteiger partial charge in [0, 0.05) is 0 Å². The summed E-state index contributed by atoms with van der Waals surface area (Å²) in [4.78, 5) is 11.2. The molecule has 0 atom stereocenters. The Bertz CT molecular complexity index is 326. The molecular weight excluding hydrogens is 228 g/mol. The summed E-state index contributed by atoms with van der Waals surface area (Å²) in [7, 11) is -3.15. The molecule has 0 saturated heterocycles. The molecule has 0 aromatic rings. The molecule has 0 saturated carbocycles. The Labute approximate surface area is 98.0 Å². The largest absolute Gasteiger partial charge is 0.481 e. The van der Waals surface area contributed by atoms with Crippen molar-refractivity contribution < 1.29 is 18.3 Å². The minimum absolute atomic E-state index is 0.0430. The number of carboxylic acids is 1. The van der Waals surface area contributed by atoms with Crippen LogP contribution in [0.15, 0.2) is 0 Å². The van der Waals surface area contributed by atoms with Gasteiger partial charge in [0.05, 0.1) is 16.4 Å². The molecule has 96 valence electrons. The Morgan fingerprint density at radius 2 is 1.69 bits per heavy atom. The van der Waals surface area contributed by atoms with E-state index in [0.717, 1.165) is 0 Å². The van der Waals surface area contributed by atoms with E-state index in [2.05, 4.69) is 0 Å². The van der Waals surface area contributed by atoms with E-state index in [1.807, 2.05) is 0 Å². The van der Waals surface area contributed by atoms with E-state index >= 15 is 0 Å². The van der Waals surface area contributed by atoms with Crippen LogP contribution < -0.4 is 0 Å². The van der Waals surface area contributed by atoms with Gasteiger partial charge in [-0.15, -0.1) is 0 Å². The molecular formula is C11H22O4S. The first-order valence-electron chi connectivity index (χ1n) is 5.67. The van der Waals surface area contributed by atoms with Crippen molar-refractivity contribution in [3.05, 3.63) is 0 Å². The first-order valence-corrected chi connectivity index (χ1v) is 7.38. The highest BCUT2D eigenvalue weighted by Crippen LogP contribution is 2.31. The number of aliphatic carboxylic acids is 1. The quantitative estimate of drug-likeness (QED) is 0.751. The van der Waals surface area contributed by atoms with Crippen LogP contribution in [0.1, 0.15) is 47.0 Å². The summed E-state index contributed by atoms with van der Waals surface area (Å²) in [5, 5.41) is 8.73. The van der Waals surface area contributed by atoms with Crippen molar-refractivity contribution in [2.75, 3.05) is 5.75 Å². The molecule has 4 nitrogen and oxygen atoms in total. The van der Waals surface area contributed by atoms with Gasteiger partial charge in [-0.25, -0.2) is 8.42 Å². The fraction of sp³-hybridized carbons (Fsp3) is 0.909. The monoisotopic (exact) mass is 250 g/mol. The maximum atomic E-state index is 11.6. The van der Waals surface area contributed by atoms with Crippen molar-refractivity contribution in [2.24, 2.45) is 5.41 Å². The maximum Gasteiger partial charge on any atom is 0.309 e. The highest BCUT2D eigenvalue weighted by atomic mass is 32.2. The maximum absolute atomic E-state index is 11.6. The Kier molecular flexibility index (Phi) is 5.46. The summed E-state index contributed by atoms with van der Waals surface area (Å²) in [5.41, 5.74) is -0.887. The number of hydrogen-bond acceptors (Lipinski definition) is 3. The summed E-state index contributed by atoms with van der Waals surface area (Å²) in [6.07, 6.45) is 1.13. The molecule has 0 fully saturated rings. The summed E-state index contributed by atoms with van der Waals surface area (Å²) in [6, 6.07) is 0. The number of sulfone groups is 1.